The maximum atomic E-state index is 13.4. The minimum absolute atomic E-state index is 0.130. The number of likely N-dealkylation sites (N-methyl/N-ethyl adjacent to an activating group) is 1. The topological polar surface area (TPSA) is 147 Å². The first kappa shape index (κ1) is 27.3. The highest BCUT2D eigenvalue weighted by molar-refractivity contribution is 7.92. The van der Waals surface area contributed by atoms with Crippen molar-refractivity contribution in [2.24, 2.45) is 5.92 Å². The first-order valence-electron chi connectivity index (χ1n) is 12.1. The fourth-order valence-electron chi connectivity index (χ4n) is 4.26. The molecule has 206 valence electrons. The number of ether oxygens (including phenoxy) is 3. The Kier molecular flexibility index (Phi) is 7.88. The molecule has 4 rings (SSSR count). The molecule has 3 amide bonds. The third kappa shape index (κ3) is 6.22. The van der Waals surface area contributed by atoms with Gasteiger partial charge in [0.2, 0.25) is 16.8 Å². The largest absolute Gasteiger partial charge is 0.487 e. The Labute approximate surface area is 221 Å². The maximum Gasteiger partial charge on any atom is 0.321 e. The number of aliphatic hydroxyl groups excluding tert-OH is 1. The number of nitrogens with zero attached hydrogens (tertiary/aromatic N) is 2. The van der Waals surface area contributed by atoms with E-state index in [9.17, 15) is 23.1 Å². The molecule has 12 nitrogen and oxygen atoms in total. The molecule has 0 fully saturated rings. The smallest absolute Gasteiger partial charge is 0.321 e. The summed E-state index contributed by atoms with van der Waals surface area (Å²) in [6, 6.07) is 8.70. The van der Waals surface area contributed by atoms with Crippen LogP contribution in [0.1, 0.15) is 24.2 Å². The Morgan fingerprint density at radius 3 is 2.55 bits per heavy atom. The van der Waals surface area contributed by atoms with E-state index in [2.05, 4.69) is 10.0 Å². The first-order valence-corrected chi connectivity index (χ1v) is 14.0. The molecule has 2 heterocycles. The molecule has 0 saturated heterocycles. The molecule has 0 unspecified atom stereocenters. The lowest BCUT2D eigenvalue weighted by atomic mass is 9.99. The Balaban J connectivity index is 1.56. The summed E-state index contributed by atoms with van der Waals surface area (Å²) in [6.45, 7) is 3.96. The molecular weight excluding hydrogens is 516 g/mol. The van der Waals surface area contributed by atoms with Gasteiger partial charge in [-0.25, -0.2) is 13.2 Å². The van der Waals surface area contributed by atoms with Crippen LogP contribution in [0.25, 0.3) is 0 Å². The lowest BCUT2D eigenvalue weighted by Gasteiger charge is -2.38. The van der Waals surface area contributed by atoms with Crippen LogP contribution in [0.5, 0.6) is 17.2 Å². The number of aliphatic hydroxyl groups is 1. The summed E-state index contributed by atoms with van der Waals surface area (Å²) >= 11 is 0. The van der Waals surface area contributed by atoms with E-state index in [0.29, 0.717) is 17.2 Å². The second-order valence-electron chi connectivity index (χ2n) is 9.59. The zero-order valence-corrected chi connectivity index (χ0v) is 22.4. The highest BCUT2D eigenvalue weighted by atomic mass is 32.2. The number of hydrogen-bond donors (Lipinski definition) is 3. The molecule has 2 aliphatic heterocycles. The summed E-state index contributed by atoms with van der Waals surface area (Å²) in [7, 11) is -1.93. The number of rotatable bonds is 7. The molecule has 0 saturated carbocycles. The van der Waals surface area contributed by atoms with Crippen LogP contribution in [0.4, 0.5) is 16.2 Å². The van der Waals surface area contributed by atoms with Crippen LogP contribution in [0.3, 0.4) is 0 Å². The van der Waals surface area contributed by atoms with Gasteiger partial charge in [-0.15, -0.1) is 0 Å². The average Bonchev–Trinajstić information content (AvgIpc) is 3.33. The van der Waals surface area contributed by atoms with E-state index >= 15 is 0 Å². The van der Waals surface area contributed by atoms with Crippen LogP contribution in [0.15, 0.2) is 36.4 Å². The van der Waals surface area contributed by atoms with Gasteiger partial charge in [0, 0.05) is 37.0 Å². The van der Waals surface area contributed by atoms with Crippen molar-refractivity contribution in [1.29, 1.82) is 0 Å². The molecule has 38 heavy (non-hydrogen) atoms. The number of sulfonamides is 1. The van der Waals surface area contributed by atoms with Gasteiger partial charge >= 0.3 is 6.03 Å². The zero-order valence-electron chi connectivity index (χ0n) is 21.6. The summed E-state index contributed by atoms with van der Waals surface area (Å²) in [5.41, 5.74) is 0.913. The van der Waals surface area contributed by atoms with Crippen LogP contribution in [0.2, 0.25) is 0 Å². The summed E-state index contributed by atoms with van der Waals surface area (Å²) in [4.78, 5) is 29.4. The Morgan fingerprint density at radius 2 is 1.84 bits per heavy atom. The monoisotopic (exact) mass is 548 g/mol. The lowest BCUT2D eigenvalue weighted by molar-refractivity contribution is 0.0371. The van der Waals surface area contributed by atoms with Gasteiger partial charge in [0.15, 0.2) is 11.5 Å². The molecule has 2 aliphatic rings. The van der Waals surface area contributed by atoms with Gasteiger partial charge < -0.3 is 34.4 Å². The van der Waals surface area contributed by atoms with E-state index in [1.807, 2.05) is 6.92 Å². The summed E-state index contributed by atoms with van der Waals surface area (Å²) in [5, 5.41) is 12.6. The lowest BCUT2D eigenvalue weighted by Crippen LogP contribution is -2.50. The van der Waals surface area contributed by atoms with Crippen molar-refractivity contribution in [3.8, 4) is 17.2 Å². The van der Waals surface area contributed by atoms with Crippen LogP contribution in [0, 0.1) is 5.92 Å². The number of benzene rings is 2. The predicted octanol–water partition coefficient (Wildman–Crippen LogP) is 2.17. The molecule has 3 atom stereocenters. The molecule has 0 aliphatic carbocycles. The van der Waals surface area contributed by atoms with Crippen LogP contribution < -0.4 is 24.2 Å². The number of urea groups is 1. The minimum atomic E-state index is -3.57. The number of amides is 3. The third-order valence-corrected chi connectivity index (χ3v) is 7.00. The second kappa shape index (κ2) is 11.0. The van der Waals surface area contributed by atoms with Crippen molar-refractivity contribution in [3.05, 3.63) is 42.0 Å². The fourth-order valence-corrected chi connectivity index (χ4v) is 4.82. The van der Waals surface area contributed by atoms with Crippen molar-refractivity contribution in [2.75, 3.05) is 49.8 Å². The highest BCUT2D eigenvalue weighted by Crippen LogP contribution is 2.34. The quantitative estimate of drug-likeness (QED) is 0.477. The van der Waals surface area contributed by atoms with Gasteiger partial charge in [0.1, 0.15) is 11.9 Å². The molecule has 3 N–H and O–H groups in total. The summed E-state index contributed by atoms with van der Waals surface area (Å²) in [5.74, 6) is 0.809. The number of carbonyl (C=O) groups excluding carboxylic acids is 2. The van der Waals surface area contributed by atoms with Crippen LogP contribution in [-0.2, 0) is 10.0 Å². The van der Waals surface area contributed by atoms with E-state index in [4.69, 9.17) is 14.2 Å². The summed E-state index contributed by atoms with van der Waals surface area (Å²) in [6.07, 6.45) is 0.501. The van der Waals surface area contributed by atoms with Gasteiger partial charge in [-0.1, -0.05) is 6.92 Å². The van der Waals surface area contributed by atoms with Gasteiger partial charge in [0.25, 0.3) is 5.91 Å². The Hall–Kier alpha value is -3.71. The molecule has 13 heteroatoms. The van der Waals surface area contributed by atoms with Crippen molar-refractivity contribution >= 4 is 33.3 Å². The number of nitrogens with one attached hydrogen (secondary N) is 2. The minimum Gasteiger partial charge on any atom is -0.487 e. The summed E-state index contributed by atoms with van der Waals surface area (Å²) < 4.78 is 42.8. The highest BCUT2D eigenvalue weighted by Gasteiger charge is 2.34. The van der Waals surface area contributed by atoms with Crippen molar-refractivity contribution in [2.45, 2.75) is 26.0 Å². The standard InChI is InChI=1S/C25H32N4O8S/c1-15-11-29(16(2)13-30)24(31)19-9-18(27-38(4,33)34)6-7-20(19)37-23(15)12-28(3)25(32)26-17-5-8-21-22(10-17)36-14-35-21/h5-10,15-16,23,27,30H,11-14H2,1-4H3,(H,26,32)/t15-,16+,23-/m1/s1. The zero-order chi connectivity index (χ0) is 27.6. The number of hydrogen-bond acceptors (Lipinski definition) is 8. The van der Waals surface area contributed by atoms with E-state index in [-0.39, 0.29) is 55.4 Å². The Bertz CT molecular complexity index is 1320. The predicted molar refractivity (Wildman–Crippen MR) is 140 cm³/mol. The fraction of sp³-hybridized carbons (Fsp3) is 0.440. The van der Waals surface area contributed by atoms with Crippen molar-refractivity contribution < 1.29 is 37.3 Å². The van der Waals surface area contributed by atoms with Crippen LogP contribution >= 0.6 is 0 Å². The van der Waals surface area contributed by atoms with Gasteiger partial charge in [0.05, 0.1) is 31.0 Å². The van der Waals surface area contributed by atoms with E-state index in [1.54, 1.807) is 32.2 Å². The Morgan fingerprint density at radius 1 is 1.16 bits per heavy atom. The van der Waals surface area contributed by atoms with Crippen LogP contribution in [-0.4, -0.2) is 87.2 Å². The second-order valence-corrected chi connectivity index (χ2v) is 11.3. The molecule has 0 radical (unpaired) electrons. The van der Waals surface area contributed by atoms with Crippen molar-refractivity contribution in [3.63, 3.8) is 0 Å². The van der Waals surface area contributed by atoms with E-state index < -0.39 is 28.1 Å². The molecule has 2 aromatic rings. The first-order chi connectivity index (χ1) is 17.9. The molecular formula is C25H32N4O8S. The number of carbonyl (C=O) groups is 2. The van der Waals surface area contributed by atoms with E-state index in [1.165, 1.54) is 28.0 Å². The van der Waals surface area contributed by atoms with E-state index in [0.717, 1.165) is 6.26 Å². The maximum absolute atomic E-state index is 13.4. The molecule has 0 aromatic heterocycles. The molecule has 0 spiro atoms. The van der Waals surface area contributed by atoms with Gasteiger partial charge in [-0.2, -0.15) is 0 Å². The SMILES string of the molecule is C[C@@H]1CN([C@@H](C)CO)C(=O)c2cc(NS(C)(=O)=O)ccc2O[C@@H]1CN(C)C(=O)Nc1ccc2c(c1)OCO2. The molecule has 2 aromatic carbocycles. The molecule has 0 bridgehead atoms. The normalized spacial score (nSPS) is 19.5. The van der Waals surface area contributed by atoms with Gasteiger partial charge in [-0.05, 0) is 37.3 Å². The average molecular weight is 549 g/mol. The third-order valence-electron chi connectivity index (χ3n) is 6.39. The van der Waals surface area contributed by atoms with Crippen molar-refractivity contribution in [1.82, 2.24) is 9.80 Å². The number of anilines is 2. The van der Waals surface area contributed by atoms with Gasteiger partial charge in [-0.3, -0.25) is 9.52 Å². The number of fused-ring (bicyclic) bond motifs is 2.